The first-order valence-corrected chi connectivity index (χ1v) is 6.12. The fourth-order valence-electron chi connectivity index (χ4n) is 1.63. The normalized spacial score (nSPS) is 26.5. The van der Waals surface area contributed by atoms with Crippen LogP contribution in [-0.2, 0) is 0 Å². The summed E-state index contributed by atoms with van der Waals surface area (Å²) >= 11 is 18.0. The van der Waals surface area contributed by atoms with Gasteiger partial charge < -0.3 is 10.5 Å². The molecule has 1 fully saturated rings. The monoisotopic (exact) mass is 279 g/mol. The van der Waals surface area contributed by atoms with Crippen molar-refractivity contribution < 1.29 is 4.74 Å². The minimum atomic E-state index is -0.652. The summed E-state index contributed by atoms with van der Waals surface area (Å²) in [6.45, 7) is 2.47. The van der Waals surface area contributed by atoms with Crippen LogP contribution in [0.2, 0.25) is 5.02 Å². The molecule has 2 rings (SSSR count). The van der Waals surface area contributed by atoms with Crippen LogP contribution in [0.3, 0.4) is 0 Å². The third-order valence-electron chi connectivity index (χ3n) is 2.97. The standard InChI is InChI=1S/C11H12Cl3NO/c1-6-8(11(6,13)14)5-16-10-3-2-7(15)4-9(10)12/h2-4,6,8H,5,15H2,1H3. The Hall–Kier alpha value is -0.310. The van der Waals surface area contributed by atoms with E-state index >= 15 is 0 Å². The number of hydrogen-bond acceptors (Lipinski definition) is 2. The summed E-state index contributed by atoms with van der Waals surface area (Å²) < 4.78 is 4.91. The Balaban J connectivity index is 1.96. The lowest BCUT2D eigenvalue weighted by atomic mass is 10.3. The topological polar surface area (TPSA) is 35.2 Å². The second kappa shape index (κ2) is 4.17. The average Bonchev–Trinajstić information content (AvgIpc) is 2.66. The van der Waals surface area contributed by atoms with E-state index in [2.05, 4.69) is 0 Å². The Kier molecular flexibility index (Phi) is 3.17. The second-order valence-corrected chi connectivity index (χ2v) is 5.92. The van der Waals surface area contributed by atoms with Crippen LogP contribution in [-0.4, -0.2) is 10.9 Å². The van der Waals surface area contributed by atoms with E-state index in [1.54, 1.807) is 18.2 Å². The summed E-state index contributed by atoms with van der Waals surface area (Å²) in [6.07, 6.45) is 0. The van der Waals surface area contributed by atoms with Crippen molar-refractivity contribution in [3.05, 3.63) is 23.2 Å². The number of hydrogen-bond donors (Lipinski definition) is 1. The van der Waals surface area contributed by atoms with Gasteiger partial charge in [-0.3, -0.25) is 0 Å². The number of benzene rings is 1. The summed E-state index contributed by atoms with van der Waals surface area (Å²) in [5, 5.41) is 0.503. The summed E-state index contributed by atoms with van der Waals surface area (Å²) in [6, 6.07) is 5.14. The summed E-state index contributed by atoms with van der Waals surface area (Å²) in [7, 11) is 0. The van der Waals surface area contributed by atoms with Gasteiger partial charge in [0, 0.05) is 11.6 Å². The Bertz CT molecular complexity index is 408. The van der Waals surface area contributed by atoms with E-state index in [1.165, 1.54) is 0 Å². The maximum Gasteiger partial charge on any atom is 0.138 e. The van der Waals surface area contributed by atoms with Gasteiger partial charge in [0.2, 0.25) is 0 Å². The fourth-order valence-corrected chi connectivity index (χ4v) is 2.56. The fraction of sp³-hybridized carbons (Fsp3) is 0.455. The molecule has 5 heteroatoms. The molecule has 0 heterocycles. The third kappa shape index (κ3) is 2.20. The van der Waals surface area contributed by atoms with E-state index < -0.39 is 4.33 Å². The van der Waals surface area contributed by atoms with E-state index in [1.807, 2.05) is 6.92 Å². The molecule has 0 aliphatic heterocycles. The molecule has 16 heavy (non-hydrogen) atoms. The Morgan fingerprint density at radius 1 is 1.44 bits per heavy atom. The Morgan fingerprint density at radius 2 is 2.06 bits per heavy atom. The first kappa shape index (κ1) is 12.2. The van der Waals surface area contributed by atoms with Gasteiger partial charge in [-0.05, 0) is 24.1 Å². The van der Waals surface area contributed by atoms with E-state index in [9.17, 15) is 0 Å². The molecule has 88 valence electrons. The van der Waals surface area contributed by atoms with Crippen LogP contribution in [0.1, 0.15) is 6.92 Å². The van der Waals surface area contributed by atoms with E-state index in [4.69, 9.17) is 45.3 Å². The van der Waals surface area contributed by atoms with E-state index in [0.717, 1.165) is 0 Å². The molecule has 2 N–H and O–H groups in total. The lowest BCUT2D eigenvalue weighted by Crippen LogP contribution is -2.04. The molecule has 1 saturated carbocycles. The van der Waals surface area contributed by atoms with Crippen LogP contribution in [0.25, 0.3) is 0 Å². The van der Waals surface area contributed by atoms with Crippen LogP contribution in [0, 0.1) is 11.8 Å². The first-order chi connectivity index (χ1) is 7.43. The average molecular weight is 281 g/mol. The molecule has 0 aromatic heterocycles. The highest BCUT2D eigenvalue weighted by molar-refractivity contribution is 6.51. The summed E-state index contributed by atoms with van der Waals surface area (Å²) in [5.74, 6) is 1.02. The molecular weight excluding hydrogens is 268 g/mol. The van der Waals surface area contributed by atoms with Gasteiger partial charge in [0.1, 0.15) is 10.1 Å². The van der Waals surface area contributed by atoms with Crippen LogP contribution < -0.4 is 10.5 Å². The predicted octanol–water partition coefficient (Wildman–Crippen LogP) is 3.74. The molecule has 2 atom stereocenters. The second-order valence-electron chi connectivity index (χ2n) is 4.07. The van der Waals surface area contributed by atoms with Crippen molar-refractivity contribution in [1.29, 1.82) is 0 Å². The quantitative estimate of drug-likeness (QED) is 0.676. The van der Waals surface area contributed by atoms with Gasteiger partial charge in [0.15, 0.2) is 0 Å². The highest BCUT2D eigenvalue weighted by Crippen LogP contribution is 2.58. The summed E-state index contributed by atoms with van der Waals surface area (Å²) in [4.78, 5) is 0. The molecular formula is C11H12Cl3NO. The zero-order valence-corrected chi connectivity index (χ0v) is 11.0. The number of halogens is 3. The van der Waals surface area contributed by atoms with E-state index in [-0.39, 0.29) is 11.8 Å². The summed E-state index contributed by atoms with van der Waals surface area (Å²) in [5.41, 5.74) is 6.19. The Labute approximate surface area is 110 Å². The molecule has 0 saturated heterocycles. The lowest BCUT2D eigenvalue weighted by Gasteiger charge is -2.08. The van der Waals surface area contributed by atoms with Gasteiger partial charge in [0.05, 0.1) is 11.6 Å². The van der Waals surface area contributed by atoms with E-state index in [0.29, 0.717) is 23.1 Å². The third-order valence-corrected chi connectivity index (χ3v) is 4.51. The molecule has 0 bridgehead atoms. The van der Waals surface area contributed by atoms with Crippen LogP contribution in [0.15, 0.2) is 18.2 Å². The SMILES string of the molecule is CC1C(COc2ccc(N)cc2Cl)C1(Cl)Cl. The number of nitrogen functional groups attached to an aromatic ring is 1. The predicted molar refractivity (Wildman–Crippen MR) is 68.5 cm³/mol. The van der Waals surface area contributed by atoms with Crippen molar-refractivity contribution in [3.8, 4) is 5.75 Å². The molecule has 1 aliphatic rings. The molecule has 2 unspecified atom stereocenters. The highest BCUT2D eigenvalue weighted by Gasteiger charge is 2.60. The van der Waals surface area contributed by atoms with Crippen molar-refractivity contribution in [2.24, 2.45) is 11.8 Å². The number of ether oxygens (including phenoxy) is 1. The van der Waals surface area contributed by atoms with Crippen molar-refractivity contribution in [1.82, 2.24) is 0 Å². The van der Waals surface area contributed by atoms with Crippen molar-refractivity contribution >= 4 is 40.5 Å². The van der Waals surface area contributed by atoms with Crippen molar-refractivity contribution in [2.75, 3.05) is 12.3 Å². The number of nitrogens with two attached hydrogens (primary N) is 1. The zero-order chi connectivity index (χ0) is 11.9. The van der Waals surface area contributed by atoms with Gasteiger partial charge in [0.25, 0.3) is 0 Å². The largest absolute Gasteiger partial charge is 0.492 e. The molecule has 2 nitrogen and oxygen atoms in total. The minimum absolute atomic E-state index is 0.157. The molecule has 0 spiro atoms. The van der Waals surface area contributed by atoms with Crippen LogP contribution >= 0.6 is 34.8 Å². The molecule has 0 amide bonds. The van der Waals surface area contributed by atoms with Crippen LogP contribution in [0.5, 0.6) is 5.75 Å². The first-order valence-electron chi connectivity index (χ1n) is 4.98. The lowest BCUT2D eigenvalue weighted by molar-refractivity contribution is 0.293. The Morgan fingerprint density at radius 3 is 2.56 bits per heavy atom. The van der Waals surface area contributed by atoms with Gasteiger partial charge >= 0.3 is 0 Å². The minimum Gasteiger partial charge on any atom is -0.492 e. The van der Waals surface area contributed by atoms with Gasteiger partial charge in [-0.25, -0.2) is 0 Å². The van der Waals surface area contributed by atoms with Gasteiger partial charge in [-0.2, -0.15) is 0 Å². The number of anilines is 1. The van der Waals surface area contributed by atoms with Crippen molar-refractivity contribution in [2.45, 2.75) is 11.3 Å². The molecule has 1 aromatic carbocycles. The smallest absolute Gasteiger partial charge is 0.138 e. The number of alkyl halides is 2. The zero-order valence-electron chi connectivity index (χ0n) is 8.71. The van der Waals surface area contributed by atoms with Gasteiger partial charge in [-0.1, -0.05) is 18.5 Å². The maximum absolute atomic E-state index is 6.02. The van der Waals surface area contributed by atoms with Gasteiger partial charge in [-0.15, -0.1) is 23.2 Å². The number of rotatable bonds is 3. The van der Waals surface area contributed by atoms with Crippen molar-refractivity contribution in [3.63, 3.8) is 0 Å². The molecule has 1 aromatic rings. The molecule has 0 radical (unpaired) electrons. The van der Waals surface area contributed by atoms with Crippen LogP contribution in [0.4, 0.5) is 5.69 Å². The highest BCUT2D eigenvalue weighted by atomic mass is 35.5. The molecule has 1 aliphatic carbocycles. The maximum atomic E-state index is 6.02.